The summed E-state index contributed by atoms with van der Waals surface area (Å²) in [5, 5.41) is 3.07. The van der Waals surface area contributed by atoms with Gasteiger partial charge in [-0.3, -0.25) is 0 Å². The molecule has 10 heteroatoms. The number of carbonyl (C=O) groups excluding carboxylic acids is 1. The number of nitrogens with zero attached hydrogens (tertiary/aromatic N) is 3. The molecule has 1 atom stereocenters. The van der Waals surface area contributed by atoms with Gasteiger partial charge < -0.3 is 28.8 Å². The van der Waals surface area contributed by atoms with Gasteiger partial charge in [0.15, 0.2) is 0 Å². The summed E-state index contributed by atoms with van der Waals surface area (Å²) in [6.07, 6.45) is 1.34. The lowest BCUT2D eigenvalue weighted by Gasteiger charge is -2.32. The number of ether oxygens (including phenoxy) is 3. The molecular weight excluding hydrogens is 446 g/mol. The van der Waals surface area contributed by atoms with Gasteiger partial charge in [-0.1, -0.05) is 0 Å². The highest BCUT2D eigenvalue weighted by Gasteiger charge is 2.29. The van der Waals surface area contributed by atoms with E-state index >= 15 is 8.78 Å². The van der Waals surface area contributed by atoms with E-state index in [1.54, 1.807) is 4.90 Å². The van der Waals surface area contributed by atoms with Crippen molar-refractivity contribution in [1.29, 1.82) is 0 Å². The molecule has 2 aliphatic heterocycles. The third-order valence-electron chi connectivity index (χ3n) is 6.16. The number of fused-ring (bicyclic) bond motifs is 1. The minimum atomic E-state index is -0.704. The Kier molecular flexibility index (Phi) is 6.09. The highest BCUT2D eigenvalue weighted by atomic mass is 19.1. The number of imidazole rings is 1. The molecule has 2 aromatic heterocycles. The van der Waals surface area contributed by atoms with Gasteiger partial charge in [0.2, 0.25) is 0 Å². The maximum absolute atomic E-state index is 15.3. The Morgan fingerprint density at radius 3 is 2.71 bits per heavy atom. The van der Waals surface area contributed by atoms with E-state index in [0.717, 1.165) is 5.56 Å². The van der Waals surface area contributed by atoms with Crippen LogP contribution in [0, 0.1) is 18.6 Å². The molecule has 8 nitrogen and oxygen atoms in total. The summed E-state index contributed by atoms with van der Waals surface area (Å²) in [4.78, 5) is 18.2. The molecule has 5 rings (SSSR count). The zero-order chi connectivity index (χ0) is 23.8. The lowest BCUT2D eigenvalue weighted by molar-refractivity contribution is -0.0241. The van der Waals surface area contributed by atoms with Crippen LogP contribution >= 0.6 is 0 Å². The maximum atomic E-state index is 15.3. The Balaban J connectivity index is 1.52. The molecule has 2 fully saturated rings. The standard InChI is InChI=1S/C24H26F2N4O4/c1-14-3-4-30-20(10-17-11-29(5-6-34-17)24(31)32-2)23(28-21(30)7-14)22-18(25)8-15(9-19(22)26)27-16-12-33-13-16/h3-4,7-9,16-17,27H,5-6,10-13H2,1-2H3/t17-/m0/s1. The predicted octanol–water partition coefficient (Wildman–Crippen LogP) is 3.41. The number of pyridine rings is 1. The minimum absolute atomic E-state index is 0.0413. The molecule has 1 aromatic carbocycles. The van der Waals surface area contributed by atoms with Crippen molar-refractivity contribution < 1.29 is 27.8 Å². The van der Waals surface area contributed by atoms with Gasteiger partial charge in [0, 0.05) is 24.8 Å². The molecule has 3 aromatic rings. The molecule has 0 radical (unpaired) electrons. The fourth-order valence-electron chi connectivity index (χ4n) is 4.38. The molecule has 2 aliphatic rings. The van der Waals surface area contributed by atoms with Gasteiger partial charge >= 0.3 is 6.09 Å². The fourth-order valence-corrected chi connectivity index (χ4v) is 4.38. The third-order valence-corrected chi connectivity index (χ3v) is 6.16. The van der Waals surface area contributed by atoms with Crippen LogP contribution in [0.15, 0.2) is 30.5 Å². The normalized spacial score (nSPS) is 18.7. The van der Waals surface area contributed by atoms with Crippen molar-refractivity contribution in [3.8, 4) is 11.3 Å². The molecule has 0 saturated carbocycles. The summed E-state index contributed by atoms with van der Waals surface area (Å²) >= 11 is 0. The first-order chi connectivity index (χ1) is 16.4. The predicted molar refractivity (Wildman–Crippen MR) is 121 cm³/mol. The van der Waals surface area contributed by atoms with Crippen LogP contribution in [-0.2, 0) is 20.6 Å². The van der Waals surface area contributed by atoms with Gasteiger partial charge in [0.25, 0.3) is 0 Å². The van der Waals surface area contributed by atoms with Crippen LogP contribution in [-0.4, -0.2) is 72.5 Å². The largest absolute Gasteiger partial charge is 0.453 e. The number of nitrogens with one attached hydrogen (secondary N) is 1. The molecule has 1 N–H and O–H groups in total. The number of carbonyl (C=O) groups is 1. The number of aryl methyl sites for hydroxylation is 1. The topological polar surface area (TPSA) is 77.3 Å². The number of halogens is 2. The lowest BCUT2D eigenvalue weighted by Crippen LogP contribution is -2.46. The van der Waals surface area contributed by atoms with E-state index in [1.807, 2.05) is 29.7 Å². The third kappa shape index (κ3) is 4.30. The Morgan fingerprint density at radius 1 is 1.26 bits per heavy atom. The first kappa shape index (κ1) is 22.5. The Hall–Kier alpha value is -3.24. The molecular formula is C24H26F2N4O4. The van der Waals surface area contributed by atoms with Crippen LogP contribution in [0.3, 0.4) is 0 Å². The van der Waals surface area contributed by atoms with E-state index in [2.05, 4.69) is 10.3 Å². The summed E-state index contributed by atoms with van der Waals surface area (Å²) in [6.45, 7) is 4.02. The number of aromatic nitrogens is 2. The summed E-state index contributed by atoms with van der Waals surface area (Å²) in [5.41, 5.74) is 2.56. The van der Waals surface area contributed by atoms with Gasteiger partial charge in [0.1, 0.15) is 17.3 Å². The van der Waals surface area contributed by atoms with Crippen molar-refractivity contribution in [2.45, 2.75) is 25.5 Å². The molecule has 2 saturated heterocycles. The highest BCUT2D eigenvalue weighted by Crippen LogP contribution is 2.33. The van der Waals surface area contributed by atoms with Gasteiger partial charge in [0.05, 0.1) is 62.6 Å². The Morgan fingerprint density at radius 2 is 2.03 bits per heavy atom. The molecule has 34 heavy (non-hydrogen) atoms. The first-order valence-corrected chi connectivity index (χ1v) is 11.2. The maximum Gasteiger partial charge on any atom is 0.409 e. The number of amides is 1. The van der Waals surface area contributed by atoms with Gasteiger partial charge in [-0.05, 0) is 36.8 Å². The van der Waals surface area contributed by atoms with E-state index in [-0.39, 0.29) is 23.4 Å². The van der Waals surface area contributed by atoms with Crippen LogP contribution in [0.1, 0.15) is 11.3 Å². The average molecular weight is 472 g/mol. The van der Waals surface area contributed by atoms with Crippen LogP contribution < -0.4 is 5.32 Å². The van der Waals surface area contributed by atoms with Crippen molar-refractivity contribution in [1.82, 2.24) is 14.3 Å². The molecule has 0 bridgehead atoms. The molecule has 180 valence electrons. The zero-order valence-electron chi connectivity index (χ0n) is 19.0. The van der Waals surface area contributed by atoms with Crippen LogP contribution in [0.25, 0.3) is 16.9 Å². The second-order valence-corrected chi connectivity index (χ2v) is 8.65. The van der Waals surface area contributed by atoms with Crippen molar-refractivity contribution in [3.63, 3.8) is 0 Å². The second kappa shape index (κ2) is 9.19. The van der Waals surface area contributed by atoms with Gasteiger partial charge in [-0.15, -0.1) is 0 Å². The van der Waals surface area contributed by atoms with E-state index in [4.69, 9.17) is 14.2 Å². The highest BCUT2D eigenvalue weighted by molar-refractivity contribution is 5.71. The van der Waals surface area contributed by atoms with Crippen molar-refractivity contribution in [2.75, 3.05) is 45.3 Å². The number of benzene rings is 1. The monoisotopic (exact) mass is 472 g/mol. The molecule has 1 amide bonds. The van der Waals surface area contributed by atoms with Crippen LogP contribution in [0.2, 0.25) is 0 Å². The molecule has 0 unspecified atom stereocenters. The summed E-state index contributed by atoms with van der Waals surface area (Å²) in [5.74, 6) is -1.41. The quantitative estimate of drug-likeness (QED) is 0.613. The number of morpholine rings is 1. The summed E-state index contributed by atoms with van der Waals surface area (Å²) < 4.78 is 48.2. The van der Waals surface area contributed by atoms with Crippen molar-refractivity contribution in [2.24, 2.45) is 0 Å². The van der Waals surface area contributed by atoms with Gasteiger partial charge in [-0.25, -0.2) is 18.6 Å². The van der Waals surface area contributed by atoms with E-state index in [0.29, 0.717) is 56.4 Å². The molecule has 4 heterocycles. The molecule has 0 spiro atoms. The van der Waals surface area contributed by atoms with Crippen LogP contribution in [0.5, 0.6) is 0 Å². The molecule has 0 aliphatic carbocycles. The number of rotatable bonds is 5. The zero-order valence-corrected chi connectivity index (χ0v) is 19.0. The van der Waals surface area contributed by atoms with E-state index < -0.39 is 17.7 Å². The summed E-state index contributed by atoms with van der Waals surface area (Å²) in [6, 6.07) is 6.38. The van der Waals surface area contributed by atoms with Crippen LogP contribution in [0.4, 0.5) is 19.3 Å². The second-order valence-electron chi connectivity index (χ2n) is 8.65. The first-order valence-electron chi connectivity index (χ1n) is 11.2. The SMILES string of the molecule is COC(=O)N1CCO[C@@H](Cc2c(-c3c(F)cc(NC4COC4)cc3F)nc3cc(C)ccn23)C1. The Labute approximate surface area is 195 Å². The smallest absolute Gasteiger partial charge is 0.409 e. The summed E-state index contributed by atoms with van der Waals surface area (Å²) in [7, 11) is 1.33. The number of methoxy groups -OCH3 is 1. The van der Waals surface area contributed by atoms with Crippen molar-refractivity contribution >= 4 is 17.4 Å². The number of hydrogen-bond acceptors (Lipinski definition) is 6. The fraction of sp³-hybridized carbons (Fsp3) is 0.417. The van der Waals surface area contributed by atoms with Crippen molar-refractivity contribution in [3.05, 3.63) is 53.4 Å². The van der Waals surface area contributed by atoms with Gasteiger partial charge in [-0.2, -0.15) is 0 Å². The van der Waals surface area contributed by atoms with E-state index in [1.165, 1.54) is 19.2 Å². The number of hydrogen-bond donors (Lipinski definition) is 1. The lowest BCUT2D eigenvalue weighted by atomic mass is 10.0. The number of anilines is 1. The van der Waals surface area contributed by atoms with E-state index in [9.17, 15) is 4.79 Å². The minimum Gasteiger partial charge on any atom is -0.453 e. The Bertz CT molecular complexity index is 1200. The average Bonchev–Trinajstić information content (AvgIpc) is 3.12.